The maximum Gasteiger partial charge on any atom is 0.0340 e. The lowest BCUT2D eigenvalue weighted by Crippen LogP contribution is -2.40. The lowest BCUT2D eigenvalue weighted by Gasteiger charge is -2.31. The summed E-state index contributed by atoms with van der Waals surface area (Å²) in [4.78, 5) is 2.65. The SMILES string of the molecule is CC(C)CCN(CCC(C)C)C(C)CNc1ccccc1. The molecule has 0 amide bonds. The molecule has 0 aromatic heterocycles. The second-order valence-corrected chi connectivity index (χ2v) is 7.00. The van der Waals surface area contributed by atoms with Gasteiger partial charge in [0.2, 0.25) is 0 Å². The monoisotopic (exact) mass is 290 g/mol. The highest BCUT2D eigenvalue weighted by molar-refractivity contribution is 5.42. The van der Waals surface area contributed by atoms with E-state index in [0.29, 0.717) is 6.04 Å². The van der Waals surface area contributed by atoms with Crippen LogP contribution in [0.1, 0.15) is 47.5 Å². The molecule has 2 nitrogen and oxygen atoms in total. The fraction of sp³-hybridized carbons (Fsp3) is 0.684. The Kier molecular flexibility index (Phi) is 8.44. The average Bonchev–Trinajstić information content (AvgIpc) is 2.45. The first-order chi connectivity index (χ1) is 9.99. The van der Waals surface area contributed by atoms with Gasteiger partial charge < -0.3 is 5.32 Å². The molecule has 1 aromatic carbocycles. The van der Waals surface area contributed by atoms with E-state index in [1.807, 2.05) is 0 Å². The molecule has 0 heterocycles. The van der Waals surface area contributed by atoms with Gasteiger partial charge in [0.05, 0.1) is 0 Å². The van der Waals surface area contributed by atoms with Crippen molar-refractivity contribution in [1.82, 2.24) is 4.90 Å². The number of hydrogen-bond donors (Lipinski definition) is 1. The zero-order valence-corrected chi connectivity index (χ0v) is 14.6. The van der Waals surface area contributed by atoms with Gasteiger partial charge >= 0.3 is 0 Å². The number of benzene rings is 1. The van der Waals surface area contributed by atoms with Gasteiger partial charge in [0.25, 0.3) is 0 Å². The molecule has 0 spiro atoms. The van der Waals surface area contributed by atoms with Crippen molar-refractivity contribution in [2.45, 2.75) is 53.5 Å². The highest BCUT2D eigenvalue weighted by Crippen LogP contribution is 2.11. The first-order valence-corrected chi connectivity index (χ1v) is 8.52. The van der Waals surface area contributed by atoms with E-state index in [1.165, 1.54) is 31.6 Å². The van der Waals surface area contributed by atoms with Crippen molar-refractivity contribution in [3.05, 3.63) is 30.3 Å². The van der Waals surface area contributed by atoms with Gasteiger partial charge in [0, 0.05) is 18.3 Å². The third kappa shape index (κ3) is 8.11. The third-order valence-electron chi connectivity index (χ3n) is 3.99. The summed E-state index contributed by atoms with van der Waals surface area (Å²) in [6.07, 6.45) is 2.57. The van der Waals surface area contributed by atoms with Crippen molar-refractivity contribution in [2.24, 2.45) is 11.8 Å². The highest BCUT2D eigenvalue weighted by atomic mass is 15.2. The van der Waals surface area contributed by atoms with Crippen molar-refractivity contribution in [1.29, 1.82) is 0 Å². The van der Waals surface area contributed by atoms with Crippen molar-refractivity contribution >= 4 is 5.69 Å². The van der Waals surface area contributed by atoms with Gasteiger partial charge in [-0.3, -0.25) is 4.90 Å². The van der Waals surface area contributed by atoms with E-state index in [-0.39, 0.29) is 0 Å². The van der Waals surface area contributed by atoms with Crippen LogP contribution < -0.4 is 5.32 Å². The van der Waals surface area contributed by atoms with E-state index in [2.05, 4.69) is 75.2 Å². The summed E-state index contributed by atoms with van der Waals surface area (Å²) < 4.78 is 0. The predicted molar refractivity (Wildman–Crippen MR) is 94.9 cm³/mol. The summed E-state index contributed by atoms with van der Waals surface area (Å²) in [5, 5.41) is 3.56. The molecule has 1 unspecified atom stereocenters. The maximum atomic E-state index is 3.56. The van der Waals surface area contributed by atoms with Gasteiger partial charge in [-0.1, -0.05) is 45.9 Å². The first-order valence-electron chi connectivity index (χ1n) is 8.52. The topological polar surface area (TPSA) is 15.3 Å². The fourth-order valence-corrected chi connectivity index (χ4v) is 2.35. The van der Waals surface area contributed by atoms with Gasteiger partial charge in [-0.05, 0) is 56.8 Å². The van der Waals surface area contributed by atoms with Gasteiger partial charge in [-0.15, -0.1) is 0 Å². The van der Waals surface area contributed by atoms with Crippen molar-refractivity contribution in [3.8, 4) is 0 Å². The molecular formula is C19H34N2. The van der Waals surface area contributed by atoms with Crippen LogP contribution in [0.25, 0.3) is 0 Å². The predicted octanol–water partition coefficient (Wildman–Crippen LogP) is 4.88. The van der Waals surface area contributed by atoms with Gasteiger partial charge in [0.1, 0.15) is 0 Å². The van der Waals surface area contributed by atoms with Crippen LogP contribution in [0.2, 0.25) is 0 Å². The Morgan fingerprint density at radius 2 is 1.38 bits per heavy atom. The van der Waals surface area contributed by atoms with E-state index in [0.717, 1.165) is 18.4 Å². The standard InChI is InChI=1S/C19H34N2/c1-16(2)11-13-21(14-12-17(3)4)18(5)15-20-19-9-7-6-8-10-19/h6-10,16-18,20H,11-15H2,1-5H3. The second kappa shape index (κ2) is 9.83. The Bertz CT molecular complexity index is 347. The van der Waals surface area contributed by atoms with Gasteiger partial charge in [-0.25, -0.2) is 0 Å². The summed E-state index contributed by atoms with van der Waals surface area (Å²) in [6, 6.07) is 11.1. The molecule has 1 aromatic rings. The van der Waals surface area contributed by atoms with Crippen LogP contribution in [-0.4, -0.2) is 30.6 Å². The lowest BCUT2D eigenvalue weighted by atomic mass is 10.1. The summed E-state index contributed by atoms with van der Waals surface area (Å²) in [6.45, 7) is 15.0. The van der Waals surface area contributed by atoms with Crippen LogP contribution in [0.15, 0.2) is 30.3 Å². The first kappa shape index (κ1) is 18.0. The van der Waals surface area contributed by atoms with Crippen LogP contribution >= 0.6 is 0 Å². The van der Waals surface area contributed by atoms with Gasteiger partial charge in [-0.2, -0.15) is 0 Å². The molecule has 0 aliphatic heterocycles. The molecule has 1 atom stereocenters. The van der Waals surface area contributed by atoms with E-state index >= 15 is 0 Å². The fourth-order valence-electron chi connectivity index (χ4n) is 2.35. The molecular weight excluding hydrogens is 256 g/mol. The second-order valence-electron chi connectivity index (χ2n) is 7.00. The normalized spacial score (nSPS) is 13.1. The zero-order chi connectivity index (χ0) is 15.7. The third-order valence-corrected chi connectivity index (χ3v) is 3.99. The molecule has 0 aliphatic carbocycles. The molecule has 0 saturated carbocycles. The van der Waals surface area contributed by atoms with E-state index in [9.17, 15) is 0 Å². The molecule has 1 rings (SSSR count). The highest BCUT2D eigenvalue weighted by Gasteiger charge is 2.14. The van der Waals surface area contributed by atoms with Crippen LogP contribution in [0.3, 0.4) is 0 Å². The van der Waals surface area contributed by atoms with Crippen molar-refractivity contribution < 1.29 is 0 Å². The number of hydrogen-bond acceptors (Lipinski definition) is 2. The summed E-state index contributed by atoms with van der Waals surface area (Å²) >= 11 is 0. The zero-order valence-electron chi connectivity index (χ0n) is 14.6. The average molecular weight is 290 g/mol. The van der Waals surface area contributed by atoms with E-state index in [4.69, 9.17) is 0 Å². The van der Waals surface area contributed by atoms with Crippen LogP contribution in [0.5, 0.6) is 0 Å². The maximum absolute atomic E-state index is 3.56. The Morgan fingerprint density at radius 1 is 0.857 bits per heavy atom. The Hall–Kier alpha value is -1.02. The van der Waals surface area contributed by atoms with E-state index in [1.54, 1.807) is 0 Å². The minimum Gasteiger partial charge on any atom is -0.383 e. The number of nitrogens with zero attached hydrogens (tertiary/aromatic N) is 1. The molecule has 0 bridgehead atoms. The minimum atomic E-state index is 0.572. The minimum absolute atomic E-state index is 0.572. The molecule has 21 heavy (non-hydrogen) atoms. The number of rotatable bonds is 10. The molecule has 1 N–H and O–H groups in total. The quantitative estimate of drug-likeness (QED) is 0.660. The molecule has 0 fully saturated rings. The Balaban J connectivity index is 2.46. The number of anilines is 1. The van der Waals surface area contributed by atoms with Crippen LogP contribution in [-0.2, 0) is 0 Å². The summed E-state index contributed by atoms with van der Waals surface area (Å²) in [5.74, 6) is 1.56. The Labute approximate surface area is 131 Å². The van der Waals surface area contributed by atoms with E-state index < -0.39 is 0 Å². The van der Waals surface area contributed by atoms with Crippen LogP contribution in [0.4, 0.5) is 5.69 Å². The molecule has 2 heteroatoms. The van der Waals surface area contributed by atoms with Crippen molar-refractivity contribution in [3.63, 3.8) is 0 Å². The largest absolute Gasteiger partial charge is 0.383 e. The lowest BCUT2D eigenvalue weighted by molar-refractivity contribution is 0.194. The molecule has 0 aliphatic rings. The molecule has 0 radical (unpaired) electrons. The summed E-state index contributed by atoms with van der Waals surface area (Å²) in [7, 11) is 0. The summed E-state index contributed by atoms with van der Waals surface area (Å²) in [5.41, 5.74) is 1.22. The van der Waals surface area contributed by atoms with Crippen molar-refractivity contribution in [2.75, 3.05) is 25.0 Å². The van der Waals surface area contributed by atoms with Crippen LogP contribution in [0, 0.1) is 11.8 Å². The molecule has 120 valence electrons. The van der Waals surface area contributed by atoms with Gasteiger partial charge in [0.15, 0.2) is 0 Å². The Morgan fingerprint density at radius 3 is 1.86 bits per heavy atom. The molecule has 0 saturated heterocycles. The smallest absolute Gasteiger partial charge is 0.0340 e. The number of para-hydroxylation sites is 1. The number of nitrogens with one attached hydrogen (secondary N) is 1.